The Balaban J connectivity index is 2.19. The van der Waals surface area contributed by atoms with Crippen molar-refractivity contribution in [1.82, 2.24) is 4.98 Å². The minimum atomic E-state index is 0.690. The van der Waals surface area contributed by atoms with Gasteiger partial charge in [0.1, 0.15) is 0 Å². The number of hydrogen-bond donors (Lipinski definition) is 1. The second-order valence-electron chi connectivity index (χ2n) is 3.90. The highest BCUT2D eigenvalue weighted by atomic mass is 32.1. The fourth-order valence-electron chi connectivity index (χ4n) is 1.10. The summed E-state index contributed by atoms with van der Waals surface area (Å²) in [4.78, 5) is 5.44. The molecule has 0 atom stereocenters. The third kappa shape index (κ3) is 5.14. The smallest absolute Gasteiger partial charge is 0.182 e. The van der Waals surface area contributed by atoms with Crippen LogP contribution in [0.2, 0.25) is 0 Å². The average molecular weight is 228 g/mol. The first-order chi connectivity index (χ1) is 7.22. The van der Waals surface area contributed by atoms with E-state index in [9.17, 15) is 0 Å². The predicted molar refractivity (Wildman–Crippen MR) is 65.4 cm³/mol. The molecule has 1 heterocycles. The van der Waals surface area contributed by atoms with E-state index in [1.54, 1.807) is 11.3 Å². The number of nitrogens with one attached hydrogen (secondary N) is 1. The molecule has 0 radical (unpaired) electrons. The van der Waals surface area contributed by atoms with E-state index in [2.05, 4.69) is 31.1 Å². The van der Waals surface area contributed by atoms with Crippen molar-refractivity contribution in [3.05, 3.63) is 11.1 Å². The highest BCUT2D eigenvalue weighted by Gasteiger charge is 2.01. The molecule has 3 nitrogen and oxygen atoms in total. The Labute approximate surface area is 95.9 Å². The number of rotatable bonds is 7. The summed E-state index contributed by atoms with van der Waals surface area (Å²) in [5.41, 5.74) is 0. The van der Waals surface area contributed by atoms with Crippen LogP contribution in [0.5, 0.6) is 0 Å². The molecule has 1 N–H and O–H groups in total. The van der Waals surface area contributed by atoms with E-state index in [0.717, 1.165) is 24.7 Å². The highest BCUT2D eigenvalue weighted by molar-refractivity contribution is 7.15. The number of nitrogens with zero attached hydrogens (tertiary/aromatic N) is 1. The molecule has 0 unspecified atom stereocenters. The van der Waals surface area contributed by atoms with Gasteiger partial charge in [0.05, 0.1) is 11.5 Å². The van der Waals surface area contributed by atoms with Crippen molar-refractivity contribution < 1.29 is 4.74 Å². The minimum Gasteiger partial charge on any atom is -0.376 e. The molecule has 15 heavy (non-hydrogen) atoms. The molecule has 0 bridgehead atoms. The average Bonchev–Trinajstić information content (AvgIpc) is 2.61. The Morgan fingerprint density at radius 3 is 3.00 bits per heavy atom. The van der Waals surface area contributed by atoms with Crippen LogP contribution < -0.4 is 5.32 Å². The van der Waals surface area contributed by atoms with Gasteiger partial charge in [0, 0.05) is 19.3 Å². The standard InChI is InChI=1S/C11H20N2OS/c1-4-12-11-13-7-10(15-11)8-14-6-5-9(2)3/h7,9H,4-6,8H2,1-3H3,(H,12,13). The second kappa shape index (κ2) is 6.80. The molecule has 0 saturated carbocycles. The van der Waals surface area contributed by atoms with Gasteiger partial charge in [-0.05, 0) is 19.3 Å². The normalized spacial score (nSPS) is 10.9. The van der Waals surface area contributed by atoms with Gasteiger partial charge < -0.3 is 10.1 Å². The Bertz CT molecular complexity index is 273. The van der Waals surface area contributed by atoms with E-state index in [-0.39, 0.29) is 0 Å². The van der Waals surface area contributed by atoms with Gasteiger partial charge in [-0.2, -0.15) is 0 Å². The van der Waals surface area contributed by atoms with Gasteiger partial charge in [-0.25, -0.2) is 4.98 Å². The molecule has 4 heteroatoms. The van der Waals surface area contributed by atoms with Crippen molar-refractivity contribution in [3.63, 3.8) is 0 Å². The van der Waals surface area contributed by atoms with Gasteiger partial charge in [0.25, 0.3) is 0 Å². The lowest BCUT2D eigenvalue weighted by atomic mass is 10.1. The van der Waals surface area contributed by atoms with E-state index in [1.165, 1.54) is 4.88 Å². The zero-order chi connectivity index (χ0) is 11.1. The fourth-order valence-corrected chi connectivity index (χ4v) is 1.92. The lowest BCUT2D eigenvalue weighted by Gasteiger charge is -2.04. The van der Waals surface area contributed by atoms with Crippen LogP contribution in [0.3, 0.4) is 0 Å². The molecule has 0 aliphatic carbocycles. The molecule has 1 aromatic rings. The Hall–Kier alpha value is -0.610. The summed E-state index contributed by atoms with van der Waals surface area (Å²) in [5, 5.41) is 4.17. The zero-order valence-corrected chi connectivity index (χ0v) is 10.6. The molecule has 0 saturated heterocycles. The molecular weight excluding hydrogens is 208 g/mol. The van der Waals surface area contributed by atoms with Crippen LogP contribution in [0.1, 0.15) is 32.1 Å². The highest BCUT2D eigenvalue weighted by Crippen LogP contribution is 2.18. The second-order valence-corrected chi connectivity index (χ2v) is 5.01. The van der Waals surface area contributed by atoms with Gasteiger partial charge in [0.15, 0.2) is 5.13 Å². The molecule has 1 aromatic heterocycles. The van der Waals surface area contributed by atoms with E-state index in [1.807, 2.05) is 6.20 Å². The number of anilines is 1. The van der Waals surface area contributed by atoms with E-state index in [4.69, 9.17) is 4.74 Å². The van der Waals surface area contributed by atoms with Crippen molar-refractivity contribution in [2.45, 2.75) is 33.8 Å². The van der Waals surface area contributed by atoms with Crippen molar-refractivity contribution in [3.8, 4) is 0 Å². The summed E-state index contributed by atoms with van der Waals surface area (Å²) in [5.74, 6) is 0.712. The first-order valence-electron chi connectivity index (χ1n) is 5.48. The van der Waals surface area contributed by atoms with E-state index < -0.39 is 0 Å². The van der Waals surface area contributed by atoms with Crippen LogP contribution in [-0.4, -0.2) is 18.1 Å². The summed E-state index contributed by atoms with van der Waals surface area (Å²) in [6, 6.07) is 0. The van der Waals surface area contributed by atoms with E-state index in [0.29, 0.717) is 12.5 Å². The largest absolute Gasteiger partial charge is 0.376 e. The quantitative estimate of drug-likeness (QED) is 0.728. The van der Waals surface area contributed by atoms with Crippen LogP contribution in [0.15, 0.2) is 6.20 Å². The maximum absolute atomic E-state index is 5.56. The van der Waals surface area contributed by atoms with Crippen LogP contribution >= 0.6 is 11.3 Å². The maximum atomic E-state index is 5.56. The Morgan fingerprint density at radius 1 is 1.53 bits per heavy atom. The summed E-state index contributed by atoms with van der Waals surface area (Å²) < 4.78 is 5.56. The zero-order valence-electron chi connectivity index (χ0n) is 9.75. The van der Waals surface area contributed by atoms with Crippen molar-refractivity contribution in [2.24, 2.45) is 5.92 Å². The molecule has 0 aromatic carbocycles. The molecular formula is C11H20N2OS. The Kier molecular flexibility index (Phi) is 5.65. The van der Waals surface area contributed by atoms with Crippen molar-refractivity contribution >= 4 is 16.5 Å². The third-order valence-electron chi connectivity index (χ3n) is 1.97. The number of thiazole rings is 1. The van der Waals surface area contributed by atoms with Crippen LogP contribution in [-0.2, 0) is 11.3 Å². The minimum absolute atomic E-state index is 0.690. The molecule has 1 rings (SSSR count). The molecule has 0 amide bonds. The number of aromatic nitrogens is 1. The molecule has 0 spiro atoms. The predicted octanol–water partition coefficient (Wildman–Crippen LogP) is 3.14. The first kappa shape index (κ1) is 12.5. The van der Waals surface area contributed by atoms with Gasteiger partial charge in [0.2, 0.25) is 0 Å². The molecule has 0 fully saturated rings. The fraction of sp³-hybridized carbons (Fsp3) is 0.727. The van der Waals surface area contributed by atoms with Gasteiger partial charge in [-0.3, -0.25) is 0 Å². The summed E-state index contributed by atoms with van der Waals surface area (Å²) >= 11 is 1.67. The SMILES string of the molecule is CCNc1ncc(COCCC(C)C)s1. The summed E-state index contributed by atoms with van der Waals surface area (Å²) in [7, 11) is 0. The topological polar surface area (TPSA) is 34.2 Å². The maximum Gasteiger partial charge on any atom is 0.182 e. The molecule has 0 aliphatic rings. The molecule has 86 valence electrons. The number of ether oxygens (including phenoxy) is 1. The third-order valence-corrected chi connectivity index (χ3v) is 2.89. The van der Waals surface area contributed by atoms with Gasteiger partial charge in [-0.15, -0.1) is 0 Å². The van der Waals surface area contributed by atoms with Crippen molar-refractivity contribution in [2.75, 3.05) is 18.5 Å². The van der Waals surface area contributed by atoms with Crippen LogP contribution in [0.25, 0.3) is 0 Å². The van der Waals surface area contributed by atoms with Crippen molar-refractivity contribution in [1.29, 1.82) is 0 Å². The number of hydrogen-bond acceptors (Lipinski definition) is 4. The summed E-state index contributed by atoms with van der Waals surface area (Å²) in [6.45, 7) is 8.93. The van der Waals surface area contributed by atoms with E-state index >= 15 is 0 Å². The van der Waals surface area contributed by atoms with Gasteiger partial charge >= 0.3 is 0 Å². The van der Waals surface area contributed by atoms with Gasteiger partial charge in [-0.1, -0.05) is 25.2 Å². The Morgan fingerprint density at radius 2 is 2.33 bits per heavy atom. The first-order valence-corrected chi connectivity index (χ1v) is 6.30. The van der Waals surface area contributed by atoms with Crippen LogP contribution in [0.4, 0.5) is 5.13 Å². The lowest BCUT2D eigenvalue weighted by molar-refractivity contribution is 0.112. The molecule has 0 aliphatic heterocycles. The summed E-state index contributed by atoms with van der Waals surface area (Å²) in [6.07, 6.45) is 3.01. The van der Waals surface area contributed by atoms with Crippen LogP contribution in [0, 0.1) is 5.92 Å². The lowest BCUT2D eigenvalue weighted by Crippen LogP contribution is -1.98. The monoisotopic (exact) mass is 228 g/mol.